The smallest absolute Gasteiger partial charge is 0.0335 e. The Morgan fingerprint density at radius 3 is 2.67 bits per heavy atom. The molecule has 0 saturated carbocycles. The molecule has 0 unspecified atom stereocenters. The van der Waals surface area contributed by atoms with Gasteiger partial charge in [0.2, 0.25) is 0 Å². The van der Waals surface area contributed by atoms with Gasteiger partial charge in [-0.25, -0.2) is 0 Å². The van der Waals surface area contributed by atoms with Crippen molar-refractivity contribution in [2.45, 2.75) is 0 Å². The van der Waals surface area contributed by atoms with Gasteiger partial charge in [-0.15, -0.1) is 5.53 Å². The van der Waals surface area contributed by atoms with E-state index in [2.05, 4.69) is 15.1 Å². The van der Waals surface area contributed by atoms with Gasteiger partial charge in [-0.1, -0.05) is 0 Å². The molecule has 0 amide bonds. The van der Waals surface area contributed by atoms with Crippen molar-refractivity contribution >= 4 is 0 Å². The van der Waals surface area contributed by atoms with E-state index < -0.39 is 0 Å². The fourth-order valence-corrected chi connectivity index (χ4v) is 0.0424. The Bertz CT molecular complexity index is 102. The van der Waals surface area contributed by atoms with Crippen LogP contribution < -0.4 is 5.53 Å². The first-order valence-electron chi connectivity index (χ1n) is 1.07. The average Bonchev–Trinajstić information content (AvgIpc) is 1.61. The van der Waals surface area contributed by atoms with Crippen molar-refractivity contribution in [3.63, 3.8) is 0 Å². The summed E-state index contributed by atoms with van der Waals surface area (Å²) in [6.07, 6.45) is 0. The van der Waals surface area contributed by atoms with Gasteiger partial charge < -0.3 is 6.57 Å². The van der Waals surface area contributed by atoms with Crippen LogP contribution in [-0.2, 0) is 0 Å². The number of hydrogen-bond donors (Lipinski definition) is 1. The molecule has 0 aliphatic heterocycles. The lowest BCUT2D eigenvalue weighted by molar-refractivity contribution is 0.941. The third-order valence-electron chi connectivity index (χ3n) is 0.139. The van der Waals surface area contributed by atoms with E-state index in [1.54, 1.807) is 5.53 Å². The van der Waals surface area contributed by atoms with Gasteiger partial charge in [0, 0.05) is 5.22 Å². The summed E-state index contributed by atoms with van der Waals surface area (Å²) in [7, 11) is 0. The van der Waals surface area contributed by atoms with Crippen molar-refractivity contribution in [1.82, 2.24) is 5.53 Å². The zero-order chi connectivity index (χ0) is 4.83. The largest absolute Gasteiger partial charge is 0.325 e. The minimum atomic E-state index is 1.70. The molecule has 0 aromatic rings. The summed E-state index contributed by atoms with van der Waals surface area (Å²) >= 11 is 0. The molecule has 30 valence electrons. The van der Waals surface area contributed by atoms with Crippen molar-refractivity contribution in [3.8, 4) is 0 Å². The molecule has 1 N–H and O–H groups in total. The van der Waals surface area contributed by atoms with Gasteiger partial charge in [0.25, 0.3) is 0 Å². The zero-order valence-corrected chi connectivity index (χ0v) is 2.79. The van der Waals surface area contributed by atoms with E-state index in [0.717, 1.165) is 0 Å². The van der Waals surface area contributed by atoms with Crippen molar-refractivity contribution in [1.29, 1.82) is 0 Å². The van der Waals surface area contributed by atoms with Crippen LogP contribution >= 0.6 is 0 Å². The number of rotatable bonds is 1. The average molecular weight is 83.1 g/mol. The highest BCUT2D eigenvalue weighted by Crippen LogP contribution is 1.55. The Hall–Kier alpha value is -1.40. The monoisotopic (exact) mass is 83.0 g/mol. The number of nitrogens with zero attached hydrogens (tertiary/aromatic N) is 4. The van der Waals surface area contributed by atoms with E-state index in [0.29, 0.717) is 0 Å². The summed E-state index contributed by atoms with van der Waals surface area (Å²) in [6, 6.07) is 0. The van der Waals surface area contributed by atoms with Crippen molar-refractivity contribution in [2.24, 2.45) is 5.22 Å². The van der Waals surface area contributed by atoms with Crippen molar-refractivity contribution in [2.75, 3.05) is 0 Å². The van der Waals surface area contributed by atoms with Crippen LogP contribution in [0.4, 0.5) is 0 Å². The molecule has 0 radical (unpaired) electrons. The van der Waals surface area contributed by atoms with E-state index in [-0.39, 0.29) is 0 Å². The van der Waals surface area contributed by atoms with Crippen LogP contribution in [-0.4, -0.2) is 0 Å². The van der Waals surface area contributed by atoms with Crippen LogP contribution in [0.2, 0.25) is 0 Å². The Balaban J connectivity index is 3.16. The van der Waals surface area contributed by atoms with E-state index in [1.807, 2.05) is 0 Å². The maximum Gasteiger partial charge on any atom is 0.0335 e. The Labute approximate surface area is 34.0 Å². The maximum atomic E-state index is 7.45. The van der Waals surface area contributed by atoms with Gasteiger partial charge in [-0.3, -0.25) is 4.95 Å². The second-order valence-corrected chi connectivity index (χ2v) is 0.401. The number of azide groups is 1. The molecule has 0 fully saturated rings. The number of nitrogens with one attached hydrogen (secondary N) is 1. The zero-order valence-electron chi connectivity index (χ0n) is 2.79. The first-order chi connectivity index (χ1) is 2.91. The predicted molar refractivity (Wildman–Crippen MR) is 18.9 cm³/mol. The molecule has 0 aromatic heterocycles. The molecular formula is CHN5. The van der Waals surface area contributed by atoms with Gasteiger partial charge in [0.05, 0.1) is 0 Å². The first kappa shape index (κ1) is 4.60. The van der Waals surface area contributed by atoms with Crippen LogP contribution in [0.25, 0.3) is 15.4 Å². The molecule has 0 aromatic carbocycles. The van der Waals surface area contributed by atoms with Gasteiger partial charge in [-0.05, 0) is 5.53 Å². The molecule has 0 atom stereocenters. The highest BCUT2D eigenvalue weighted by Gasteiger charge is 1.51. The third-order valence-corrected chi connectivity index (χ3v) is 0.139. The molecule has 0 rings (SSSR count). The molecular weight excluding hydrogens is 82.0 g/mol. The van der Waals surface area contributed by atoms with Gasteiger partial charge >= 0.3 is 0 Å². The molecule has 5 heteroatoms. The molecule has 0 saturated heterocycles. The molecule has 6 heavy (non-hydrogen) atoms. The van der Waals surface area contributed by atoms with Gasteiger partial charge in [0.1, 0.15) is 0 Å². The molecule has 0 aliphatic rings. The quantitative estimate of drug-likeness (QED) is 0.163. The highest BCUT2D eigenvalue weighted by molar-refractivity contribution is 4.41. The van der Waals surface area contributed by atoms with E-state index >= 15 is 0 Å². The van der Waals surface area contributed by atoms with E-state index in [1.165, 1.54) is 0 Å². The lowest BCUT2D eigenvalue weighted by Gasteiger charge is -1.67. The Kier molecular flexibility index (Phi) is 2.76. The number of hydrogen-bond acceptors (Lipinski definition) is 1. The second-order valence-electron chi connectivity index (χ2n) is 0.401. The fraction of sp³-hybridized carbons (Fsp3) is 0. The second kappa shape index (κ2) is 3.60. The van der Waals surface area contributed by atoms with Crippen LogP contribution in [0.5, 0.6) is 0 Å². The maximum absolute atomic E-state index is 7.45. The summed E-state index contributed by atoms with van der Waals surface area (Å²) in [6.45, 7) is 5.96. The summed E-state index contributed by atoms with van der Waals surface area (Å²) in [4.78, 5) is 4.73. The topological polar surface area (TPSA) is 65.2 Å². The lowest BCUT2D eigenvalue weighted by atomic mass is 11.8. The summed E-state index contributed by atoms with van der Waals surface area (Å²) in [5.41, 5.74) is 9.15. The Morgan fingerprint density at radius 2 is 2.50 bits per heavy atom. The molecule has 0 bridgehead atoms. The summed E-state index contributed by atoms with van der Waals surface area (Å²) in [5.74, 6) is 0. The lowest BCUT2D eigenvalue weighted by Crippen LogP contribution is -1.81. The van der Waals surface area contributed by atoms with Gasteiger partial charge in [-0.2, -0.15) is 4.91 Å². The van der Waals surface area contributed by atoms with Crippen molar-refractivity contribution in [3.05, 3.63) is 22.0 Å². The normalized spacial score (nSPS) is 4.50. The SMILES string of the molecule is [C-]#[N+]NN=[N+]=[N-]. The first-order valence-corrected chi connectivity index (χ1v) is 1.07. The molecule has 0 heterocycles. The summed E-state index contributed by atoms with van der Waals surface area (Å²) in [5, 5.41) is 2.67. The standard InChI is InChI=1S/CHN5/c1-3-5-6-4-2/h5H. The van der Waals surface area contributed by atoms with Crippen LogP contribution in [0.3, 0.4) is 0 Å². The predicted octanol–water partition coefficient (Wildman–Crippen LogP) is 0.636. The molecule has 0 spiro atoms. The minimum Gasteiger partial charge on any atom is -0.325 e. The summed E-state index contributed by atoms with van der Waals surface area (Å²) < 4.78 is 0. The van der Waals surface area contributed by atoms with E-state index in [9.17, 15) is 0 Å². The van der Waals surface area contributed by atoms with E-state index in [4.69, 9.17) is 12.1 Å². The van der Waals surface area contributed by atoms with Crippen molar-refractivity contribution < 1.29 is 0 Å². The highest BCUT2D eigenvalue weighted by atomic mass is 15.6. The minimum absolute atomic E-state index is 1.70. The Morgan fingerprint density at radius 1 is 1.83 bits per heavy atom. The fourth-order valence-electron chi connectivity index (χ4n) is 0.0424. The van der Waals surface area contributed by atoms with Crippen LogP contribution in [0.1, 0.15) is 0 Å². The van der Waals surface area contributed by atoms with Gasteiger partial charge in [0.15, 0.2) is 0 Å². The molecule has 5 nitrogen and oxygen atoms in total. The third kappa shape index (κ3) is 2.60. The van der Waals surface area contributed by atoms with Crippen LogP contribution in [0.15, 0.2) is 5.22 Å². The molecule has 0 aliphatic carbocycles. The van der Waals surface area contributed by atoms with Crippen LogP contribution in [0, 0.1) is 6.57 Å².